The molecule has 2 rings (SSSR count). The van der Waals surface area contributed by atoms with E-state index in [1.807, 2.05) is 0 Å². The normalized spacial score (nSPS) is 29.2. The second-order valence-electron chi connectivity index (χ2n) is 9.06. The van der Waals surface area contributed by atoms with Crippen molar-refractivity contribution in [1.82, 2.24) is 0 Å². The van der Waals surface area contributed by atoms with Crippen LogP contribution in [0.25, 0.3) is 0 Å². The highest BCUT2D eigenvalue weighted by molar-refractivity contribution is 7.86. The third kappa shape index (κ3) is 10.5. The van der Waals surface area contributed by atoms with Crippen LogP contribution in [0, 0.1) is 11.8 Å². The van der Waals surface area contributed by atoms with Crippen molar-refractivity contribution < 1.29 is 26.8 Å². The quantitative estimate of drug-likeness (QED) is 0.188. The maximum atomic E-state index is 11.9. The van der Waals surface area contributed by atoms with E-state index in [1.54, 1.807) is 6.92 Å². The van der Waals surface area contributed by atoms with Crippen LogP contribution in [0.2, 0.25) is 0 Å². The topological polar surface area (TPSA) is 71.1 Å². The first-order valence-corrected chi connectivity index (χ1v) is 14.3. The largest absolute Gasteiger partial charge is 0.487 e. The van der Waals surface area contributed by atoms with E-state index in [0.717, 1.165) is 45.0 Å². The van der Waals surface area contributed by atoms with E-state index in [2.05, 4.69) is 6.92 Å². The van der Waals surface area contributed by atoms with Crippen molar-refractivity contribution in [3.8, 4) is 0 Å². The zero-order valence-corrected chi connectivity index (χ0v) is 21.2. The summed E-state index contributed by atoms with van der Waals surface area (Å²) in [5, 5.41) is 0.509. The van der Waals surface area contributed by atoms with Crippen LogP contribution in [0.4, 0.5) is 0 Å². The third-order valence-electron chi connectivity index (χ3n) is 6.38. The van der Waals surface area contributed by atoms with E-state index in [1.165, 1.54) is 32.1 Å². The van der Waals surface area contributed by atoms with Crippen LogP contribution in [0.5, 0.6) is 0 Å². The minimum absolute atomic E-state index is 0.0518. The van der Waals surface area contributed by atoms with E-state index >= 15 is 0 Å². The fourth-order valence-corrected chi connectivity index (χ4v) is 5.69. The van der Waals surface area contributed by atoms with E-state index < -0.39 is 10.1 Å². The molecule has 0 amide bonds. The van der Waals surface area contributed by atoms with Gasteiger partial charge in [0.2, 0.25) is 0 Å². The lowest BCUT2D eigenvalue weighted by Crippen LogP contribution is -2.31. The van der Waals surface area contributed by atoms with E-state index in [-0.39, 0.29) is 30.3 Å². The Hall–Kier alpha value is -0.280. The summed E-state index contributed by atoms with van der Waals surface area (Å²) >= 11 is 5.04. The average molecular weight is 479 g/mol. The summed E-state index contributed by atoms with van der Waals surface area (Å²) in [6, 6.07) is 0. The SMILES string of the molecule is CCCCCCCC[C@@H]1[C@@H](CCOC(C)=S)[C@@H](OS(C)(=O)=O)C[C@H]1O[C@H]1CCCCO1. The van der Waals surface area contributed by atoms with Gasteiger partial charge >= 0.3 is 0 Å². The fourth-order valence-electron chi connectivity index (χ4n) is 4.93. The Balaban J connectivity index is 2.05. The van der Waals surface area contributed by atoms with Gasteiger partial charge in [-0.1, -0.05) is 45.4 Å². The Morgan fingerprint density at radius 2 is 1.74 bits per heavy atom. The summed E-state index contributed by atoms with van der Waals surface area (Å²) < 4.78 is 47.2. The minimum Gasteiger partial charge on any atom is -0.487 e. The second kappa shape index (κ2) is 14.1. The predicted octanol–water partition coefficient (Wildman–Crippen LogP) is 5.38. The van der Waals surface area contributed by atoms with Gasteiger partial charge in [0.25, 0.3) is 10.1 Å². The first kappa shape index (κ1) is 27.0. The average Bonchev–Trinajstić information content (AvgIpc) is 2.99. The van der Waals surface area contributed by atoms with Crippen LogP contribution in [0.1, 0.15) is 90.9 Å². The Labute approximate surface area is 194 Å². The Morgan fingerprint density at radius 1 is 1.03 bits per heavy atom. The van der Waals surface area contributed by atoms with Crippen LogP contribution in [0.15, 0.2) is 0 Å². The van der Waals surface area contributed by atoms with Crippen molar-refractivity contribution in [3.63, 3.8) is 0 Å². The van der Waals surface area contributed by atoms with Crippen LogP contribution >= 0.6 is 12.2 Å². The predicted molar refractivity (Wildman–Crippen MR) is 127 cm³/mol. The molecule has 1 saturated carbocycles. The molecular formula is C23H42O6S2. The molecule has 1 heterocycles. The van der Waals surface area contributed by atoms with Crippen LogP contribution in [-0.2, 0) is 28.5 Å². The van der Waals surface area contributed by atoms with Crippen molar-refractivity contribution in [2.75, 3.05) is 19.5 Å². The fraction of sp³-hybridized carbons (Fsp3) is 0.957. The maximum Gasteiger partial charge on any atom is 0.264 e. The lowest BCUT2D eigenvalue weighted by molar-refractivity contribution is -0.196. The number of unbranched alkanes of at least 4 members (excludes halogenated alkanes) is 5. The molecule has 0 N–H and O–H groups in total. The molecule has 1 aliphatic carbocycles. The van der Waals surface area contributed by atoms with Gasteiger partial charge in [0.1, 0.15) is 0 Å². The molecule has 0 aromatic carbocycles. The summed E-state index contributed by atoms with van der Waals surface area (Å²) in [5.74, 6) is 0.297. The van der Waals surface area contributed by atoms with Gasteiger partial charge in [0, 0.05) is 20.0 Å². The molecule has 1 aliphatic heterocycles. The number of thiocarbonyl (C=S) groups is 1. The Kier molecular flexibility index (Phi) is 12.3. The number of ether oxygens (including phenoxy) is 3. The van der Waals surface area contributed by atoms with Crippen LogP contribution < -0.4 is 0 Å². The highest BCUT2D eigenvalue weighted by Gasteiger charge is 2.46. The summed E-state index contributed by atoms with van der Waals surface area (Å²) in [6.07, 6.45) is 13.2. The highest BCUT2D eigenvalue weighted by atomic mass is 32.2. The summed E-state index contributed by atoms with van der Waals surface area (Å²) in [7, 11) is -3.55. The molecule has 6 nitrogen and oxygen atoms in total. The van der Waals surface area contributed by atoms with E-state index in [4.69, 9.17) is 30.6 Å². The molecule has 0 unspecified atom stereocenters. The number of hydrogen-bond donors (Lipinski definition) is 0. The van der Waals surface area contributed by atoms with Gasteiger partial charge in [-0.15, -0.1) is 0 Å². The first-order chi connectivity index (χ1) is 14.8. The van der Waals surface area contributed by atoms with Gasteiger partial charge in [0.15, 0.2) is 11.3 Å². The molecule has 1 saturated heterocycles. The molecule has 31 heavy (non-hydrogen) atoms. The molecule has 0 aromatic heterocycles. The van der Waals surface area contributed by atoms with Gasteiger partial charge in [-0.2, -0.15) is 8.42 Å². The molecule has 2 fully saturated rings. The van der Waals surface area contributed by atoms with Crippen molar-refractivity contribution >= 4 is 27.4 Å². The number of hydrogen-bond acceptors (Lipinski definition) is 7. The van der Waals surface area contributed by atoms with Crippen molar-refractivity contribution in [1.29, 1.82) is 0 Å². The van der Waals surface area contributed by atoms with Crippen molar-refractivity contribution in [3.05, 3.63) is 0 Å². The zero-order chi connectivity index (χ0) is 22.7. The molecule has 0 bridgehead atoms. The monoisotopic (exact) mass is 478 g/mol. The highest BCUT2D eigenvalue weighted by Crippen LogP contribution is 2.43. The maximum absolute atomic E-state index is 11.9. The van der Waals surface area contributed by atoms with E-state index in [9.17, 15) is 8.42 Å². The summed E-state index contributed by atoms with van der Waals surface area (Å²) in [6.45, 7) is 5.19. The van der Waals surface area contributed by atoms with Gasteiger partial charge in [-0.25, -0.2) is 0 Å². The molecule has 182 valence electrons. The zero-order valence-electron chi connectivity index (χ0n) is 19.6. The van der Waals surface area contributed by atoms with Gasteiger partial charge < -0.3 is 14.2 Å². The van der Waals surface area contributed by atoms with Crippen molar-refractivity contribution in [2.24, 2.45) is 11.8 Å². The van der Waals surface area contributed by atoms with Crippen LogP contribution in [0.3, 0.4) is 0 Å². The molecule has 0 aromatic rings. The third-order valence-corrected chi connectivity index (χ3v) is 7.09. The molecular weight excluding hydrogens is 436 g/mol. The lowest BCUT2D eigenvalue weighted by Gasteiger charge is -2.30. The standard InChI is InChI=1S/C23H42O6S2/c1-4-5-6-7-8-9-12-19-20(14-16-26-18(2)30)22(29-31(3,24)25)17-21(19)28-23-13-10-11-15-27-23/h19-23H,4-17H2,1-3H3/t19-,20-,21-,22+,23+/m1/s1. The smallest absolute Gasteiger partial charge is 0.264 e. The summed E-state index contributed by atoms with van der Waals surface area (Å²) in [5.41, 5.74) is 0. The summed E-state index contributed by atoms with van der Waals surface area (Å²) in [4.78, 5) is 0. The van der Waals surface area contributed by atoms with Crippen molar-refractivity contribution in [2.45, 2.75) is 109 Å². The van der Waals surface area contributed by atoms with E-state index in [0.29, 0.717) is 24.5 Å². The molecule has 8 heteroatoms. The molecule has 2 aliphatic rings. The Bertz CT molecular complexity index is 618. The van der Waals surface area contributed by atoms with Crippen LogP contribution in [-0.4, -0.2) is 51.4 Å². The minimum atomic E-state index is -3.55. The molecule has 0 spiro atoms. The van der Waals surface area contributed by atoms with Gasteiger partial charge in [-0.05, 0) is 56.2 Å². The molecule has 5 atom stereocenters. The van der Waals surface area contributed by atoms with Gasteiger partial charge in [0.05, 0.1) is 25.1 Å². The molecule has 0 radical (unpaired) electrons. The lowest BCUT2D eigenvalue weighted by atomic mass is 9.86. The van der Waals surface area contributed by atoms with Gasteiger partial charge in [-0.3, -0.25) is 4.18 Å². The first-order valence-electron chi connectivity index (χ1n) is 12.1. The Morgan fingerprint density at radius 3 is 2.39 bits per heavy atom. The number of rotatable bonds is 14. The second-order valence-corrected chi connectivity index (χ2v) is 11.2.